The number of nitrogens with zero attached hydrogens (tertiary/aromatic N) is 1. The summed E-state index contributed by atoms with van der Waals surface area (Å²) in [5, 5.41) is 6.71. The number of likely N-dealkylation sites (tertiary alicyclic amines) is 1. The molecule has 2 rings (SSSR count). The Morgan fingerprint density at radius 1 is 1.24 bits per heavy atom. The predicted molar refractivity (Wildman–Crippen MR) is 87.3 cm³/mol. The summed E-state index contributed by atoms with van der Waals surface area (Å²) in [5.74, 6) is 0.869. The molecule has 2 unspecified atom stereocenters. The number of hydrogen-bond acceptors (Lipinski definition) is 3. The van der Waals surface area contributed by atoms with Gasteiger partial charge in [-0.05, 0) is 58.2 Å². The van der Waals surface area contributed by atoms with Crippen LogP contribution in [0.2, 0.25) is 0 Å². The molecule has 0 aliphatic carbocycles. The fraction of sp³-hybridized carbons (Fsp3) is 0.941. The Morgan fingerprint density at radius 3 is 2.52 bits per heavy atom. The normalized spacial score (nSPS) is 26.2. The Bertz CT molecular complexity index is 324. The Hall–Kier alpha value is -0.610. The zero-order chi connectivity index (χ0) is 15.2. The summed E-state index contributed by atoms with van der Waals surface area (Å²) in [6.07, 6.45) is 6.85. The van der Waals surface area contributed by atoms with E-state index < -0.39 is 0 Å². The van der Waals surface area contributed by atoms with Gasteiger partial charge in [0.2, 0.25) is 5.91 Å². The average Bonchev–Trinajstić information content (AvgIpc) is 2.99. The SMILES string of the molecule is CCC(CC)C(C)NC(=O)C1CCCN1C1CCNCC1. The van der Waals surface area contributed by atoms with E-state index in [-0.39, 0.29) is 11.9 Å². The summed E-state index contributed by atoms with van der Waals surface area (Å²) in [7, 11) is 0. The lowest BCUT2D eigenvalue weighted by Crippen LogP contribution is -2.52. The van der Waals surface area contributed by atoms with Gasteiger partial charge >= 0.3 is 0 Å². The number of carbonyl (C=O) groups excluding carboxylic acids is 1. The van der Waals surface area contributed by atoms with Gasteiger partial charge in [-0.15, -0.1) is 0 Å². The number of piperidine rings is 1. The van der Waals surface area contributed by atoms with E-state index in [1.54, 1.807) is 0 Å². The molecule has 122 valence electrons. The van der Waals surface area contributed by atoms with Crippen LogP contribution in [-0.2, 0) is 4.79 Å². The van der Waals surface area contributed by atoms with Crippen molar-refractivity contribution in [2.75, 3.05) is 19.6 Å². The highest BCUT2D eigenvalue weighted by Crippen LogP contribution is 2.25. The molecular weight excluding hydrogens is 262 g/mol. The maximum Gasteiger partial charge on any atom is 0.237 e. The summed E-state index contributed by atoms with van der Waals surface area (Å²) < 4.78 is 0. The second-order valence-electron chi connectivity index (χ2n) is 6.75. The van der Waals surface area contributed by atoms with Crippen LogP contribution in [0.15, 0.2) is 0 Å². The number of hydrogen-bond donors (Lipinski definition) is 2. The van der Waals surface area contributed by atoms with E-state index in [9.17, 15) is 4.79 Å². The second kappa shape index (κ2) is 8.14. The molecule has 1 amide bonds. The van der Waals surface area contributed by atoms with Crippen LogP contribution in [0.25, 0.3) is 0 Å². The van der Waals surface area contributed by atoms with Crippen molar-refractivity contribution in [2.24, 2.45) is 5.92 Å². The lowest BCUT2D eigenvalue weighted by atomic mass is 9.95. The average molecular weight is 295 g/mol. The summed E-state index contributed by atoms with van der Waals surface area (Å²) in [4.78, 5) is 15.2. The highest BCUT2D eigenvalue weighted by molar-refractivity contribution is 5.82. The largest absolute Gasteiger partial charge is 0.352 e. The minimum absolute atomic E-state index is 0.116. The summed E-state index contributed by atoms with van der Waals surface area (Å²) >= 11 is 0. The van der Waals surface area contributed by atoms with Gasteiger partial charge in [-0.2, -0.15) is 0 Å². The zero-order valence-corrected chi connectivity index (χ0v) is 14.0. The minimum Gasteiger partial charge on any atom is -0.352 e. The van der Waals surface area contributed by atoms with Gasteiger partial charge in [-0.1, -0.05) is 26.7 Å². The molecule has 2 N–H and O–H groups in total. The van der Waals surface area contributed by atoms with Crippen LogP contribution in [0.5, 0.6) is 0 Å². The van der Waals surface area contributed by atoms with Crippen molar-refractivity contribution in [3.05, 3.63) is 0 Å². The molecule has 0 spiro atoms. The molecule has 2 aliphatic rings. The molecular formula is C17H33N3O. The molecule has 2 atom stereocenters. The third-order valence-corrected chi connectivity index (χ3v) is 5.50. The number of rotatable bonds is 6. The topological polar surface area (TPSA) is 44.4 Å². The van der Waals surface area contributed by atoms with Crippen LogP contribution in [0.1, 0.15) is 59.3 Å². The molecule has 2 fully saturated rings. The first-order chi connectivity index (χ1) is 10.2. The molecule has 0 radical (unpaired) electrons. The molecule has 0 bridgehead atoms. The lowest BCUT2D eigenvalue weighted by molar-refractivity contribution is -0.127. The van der Waals surface area contributed by atoms with E-state index in [2.05, 4.69) is 36.3 Å². The predicted octanol–water partition coefficient (Wildman–Crippen LogP) is 2.14. The summed E-state index contributed by atoms with van der Waals surface area (Å²) in [6, 6.07) is 1.01. The van der Waals surface area contributed by atoms with Gasteiger partial charge < -0.3 is 10.6 Å². The first-order valence-electron chi connectivity index (χ1n) is 8.94. The van der Waals surface area contributed by atoms with Gasteiger partial charge in [0.05, 0.1) is 6.04 Å². The molecule has 4 heteroatoms. The molecule has 0 saturated carbocycles. The molecule has 0 aromatic carbocycles. The zero-order valence-electron chi connectivity index (χ0n) is 14.0. The van der Waals surface area contributed by atoms with Gasteiger partial charge in [-0.3, -0.25) is 9.69 Å². The Morgan fingerprint density at radius 2 is 1.90 bits per heavy atom. The first-order valence-corrected chi connectivity index (χ1v) is 8.94. The van der Waals surface area contributed by atoms with E-state index in [1.165, 1.54) is 19.3 Å². The summed E-state index contributed by atoms with van der Waals surface area (Å²) in [6.45, 7) is 9.89. The Balaban J connectivity index is 1.90. The Kier molecular flexibility index (Phi) is 6.49. The quantitative estimate of drug-likeness (QED) is 0.789. The third kappa shape index (κ3) is 4.19. The molecule has 0 aromatic rings. The van der Waals surface area contributed by atoms with Gasteiger partial charge in [0, 0.05) is 12.1 Å². The van der Waals surface area contributed by atoms with E-state index >= 15 is 0 Å². The van der Waals surface area contributed by atoms with E-state index in [4.69, 9.17) is 0 Å². The van der Waals surface area contributed by atoms with Crippen LogP contribution in [-0.4, -0.2) is 48.6 Å². The lowest BCUT2D eigenvalue weighted by Gasteiger charge is -2.36. The van der Waals surface area contributed by atoms with Crippen LogP contribution in [0.3, 0.4) is 0 Å². The van der Waals surface area contributed by atoms with E-state index in [1.807, 2.05) is 0 Å². The molecule has 0 aromatic heterocycles. The van der Waals surface area contributed by atoms with Crippen molar-refractivity contribution in [2.45, 2.75) is 77.4 Å². The van der Waals surface area contributed by atoms with Crippen LogP contribution < -0.4 is 10.6 Å². The van der Waals surface area contributed by atoms with E-state index in [0.717, 1.165) is 38.9 Å². The van der Waals surface area contributed by atoms with Crippen LogP contribution in [0.4, 0.5) is 0 Å². The van der Waals surface area contributed by atoms with Crippen molar-refractivity contribution in [3.63, 3.8) is 0 Å². The second-order valence-corrected chi connectivity index (χ2v) is 6.75. The molecule has 2 heterocycles. The van der Waals surface area contributed by atoms with Crippen LogP contribution in [0, 0.1) is 5.92 Å². The number of nitrogens with one attached hydrogen (secondary N) is 2. The van der Waals surface area contributed by atoms with Crippen molar-refractivity contribution < 1.29 is 4.79 Å². The molecule has 4 nitrogen and oxygen atoms in total. The monoisotopic (exact) mass is 295 g/mol. The van der Waals surface area contributed by atoms with Crippen molar-refractivity contribution in [1.82, 2.24) is 15.5 Å². The summed E-state index contributed by atoms with van der Waals surface area (Å²) in [5.41, 5.74) is 0. The van der Waals surface area contributed by atoms with Gasteiger partial charge in [-0.25, -0.2) is 0 Å². The fourth-order valence-electron chi connectivity index (χ4n) is 4.08. The van der Waals surface area contributed by atoms with Gasteiger partial charge in [0.25, 0.3) is 0 Å². The van der Waals surface area contributed by atoms with Gasteiger partial charge in [0.15, 0.2) is 0 Å². The van der Waals surface area contributed by atoms with Crippen molar-refractivity contribution in [1.29, 1.82) is 0 Å². The molecule has 2 aliphatic heterocycles. The van der Waals surface area contributed by atoms with Crippen molar-refractivity contribution >= 4 is 5.91 Å². The van der Waals surface area contributed by atoms with Gasteiger partial charge in [0.1, 0.15) is 0 Å². The maximum atomic E-state index is 12.7. The molecule has 21 heavy (non-hydrogen) atoms. The molecule has 2 saturated heterocycles. The number of amides is 1. The fourth-order valence-corrected chi connectivity index (χ4v) is 4.08. The maximum absolute atomic E-state index is 12.7. The minimum atomic E-state index is 0.116. The highest BCUT2D eigenvalue weighted by atomic mass is 16.2. The van der Waals surface area contributed by atoms with Crippen molar-refractivity contribution in [3.8, 4) is 0 Å². The Labute approximate surface area is 130 Å². The third-order valence-electron chi connectivity index (χ3n) is 5.50. The highest BCUT2D eigenvalue weighted by Gasteiger charge is 2.36. The smallest absolute Gasteiger partial charge is 0.237 e. The standard InChI is InChI=1S/C17H33N3O/c1-4-14(5-2)13(3)19-17(21)16-7-6-12-20(16)15-8-10-18-11-9-15/h13-16,18H,4-12H2,1-3H3,(H,19,21). The van der Waals surface area contributed by atoms with Crippen LogP contribution >= 0.6 is 0 Å². The number of carbonyl (C=O) groups is 1. The van der Waals surface area contributed by atoms with E-state index in [0.29, 0.717) is 18.0 Å². The first kappa shape index (κ1) is 16.8.